The van der Waals surface area contributed by atoms with Crippen molar-refractivity contribution in [1.29, 1.82) is 0 Å². The Balaban J connectivity index is 2.25. The highest BCUT2D eigenvalue weighted by Crippen LogP contribution is 2.24. The van der Waals surface area contributed by atoms with Crippen LogP contribution in [0.1, 0.15) is 32.1 Å². The fraction of sp³-hybridized carbons (Fsp3) is 0.417. The van der Waals surface area contributed by atoms with Crippen LogP contribution < -0.4 is 10.0 Å². The van der Waals surface area contributed by atoms with Crippen LogP contribution >= 0.6 is 0 Å². The molecule has 0 aliphatic rings. The Labute approximate surface area is 123 Å². The lowest BCUT2D eigenvalue weighted by Crippen LogP contribution is -2.25. The van der Waals surface area contributed by atoms with Gasteiger partial charge in [0.2, 0.25) is 10.0 Å². The molecule has 21 heavy (non-hydrogen) atoms. The normalized spacial score (nSPS) is 13.0. The average Bonchev–Trinajstić information content (AvgIpc) is 3.00. The zero-order chi connectivity index (χ0) is 15.3. The molecule has 0 amide bonds. The average molecular weight is 310 g/mol. The number of hydrogen-bond acceptors (Lipinski definition) is 6. The van der Waals surface area contributed by atoms with Gasteiger partial charge in [-0.05, 0) is 25.5 Å². The summed E-state index contributed by atoms with van der Waals surface area (Å²) in [5.74, 6) is 0.462. The van der Waals surface area contributed by atoms with Crippen LogP contribution in [0.15, 0.2) is 29.2 Å². The van der Waals surface area contributed by atoms with Crippen molar-refractivity contribution in [3.63, 3.8) is 0 Å². The molecule has 114 valence electrons. The zero-order valence-corrected chi connectivity index (χ0v) is 12.7. The third-order valence-electron chi connectivity index (χ3n) is 2.84. The van der Waals surface area contributed by atoms with Gasteiger partial charge in [-0.2, -0.15) is 5.21 Å². The smallest absolute Gasteiger partial charge is 0.242 e. The summed E-state index contributed by atoms with van der Waals surface area (Å²) in [7, 11) is -3.54. The molecule has 1 atom stereocenters. The van der Waals surface area contributed by atoms with E-state index in [9.17, 15) is 8.42 Å². The van der Waals surface area contributed by atoms with E-state index in [0.29, 0.717) is 18.1 Å². The minimum absolute atomic E-state index is 0.203. The van der Waals surface area contributed by atoms with E-state index >= 15 is 0 Å². The molecule has 3 N–H and O–H groups in total. The van der Waals surface area contributed by atoms with Gasteiger partial charge in [-0.15, -0.1) is 10.2 Å². The Kier molecular flexibility index (Phi) is 4.86. The number of benzene rings is 1. The van der Waals surface area contributed by atoms with Gasteiger partial charge in [0.1, 0.15) is 4.90 Å². The summed E-state index contributed by atoms with van der Waals surface area (Å²) in [4.78, 5) is 0.203. The highest BCUT2D eigenvalue weighted by molar-refractivity contribution is 7.89. The molecular formula is C12H18N6O2S. The number of nitrogens with zero attached hydrogens (tertiary/aromatic N) is 3. The number of anilines is 1. The van der Waals surface area contributed by atoms with Crippen LogP contribution in [0, 0.1) is 0 Å². The third-order valence-corrected chi connectivity index (χ3v) is 4.36. The standard InChI is InChI=1S/C12H18N6O2S/c1-3-8-13-21(19,20)11-7-5-4-6-10(11)14-9(2)12-15-17-18-16-12/h4-7,9,13-14H,3,8H2,1-2H3,(H,15,16,17,18). The second-order valence-electron chi connectivity index (χ2n) is 4.53. The minimum Gasteiger partial charge on any atom is -0.374 e. The summed E-state index contributed by atoms with van der Waals surface area (Å²) in [6, 6.07) is 6.45. The lowest BCUT2D eigenvalue weighted by atomic mass is 10.2. The second-order valence-corrected chi connectivity index (χ2v) is 6.27. The van der Waals surface area contributed by atoms with Gasteiger partial charge in [0.15, 0.2) is 5.82 Å². The molecule has 1 unspecified atom stereocenters. The first-order chi connectivity index (χ1) is 10.0. The maximum absolute atomic E-state index is 12.3. The molecule has 0 saturated heterocycles. The van der Waals surface area contributed by atoms with Gasteiger partial charge in [-0.1, -0.05) is 24.3 Å². The monoisotopic (exact) mass is 310 g/mol. The first kappa shape index (κ1) is 15.4. The molecule has 0 bridgehead atoms. The number of aromatic nitrogens is 4. The van der Waals surface area contributed by atoms with Gasteiger partial charge < -0.3 is 5.32 Å². The van der Waals surface area contributed by atoms with Crippen LogP contribution in [-0.2, 0) is 10.0 Å². The van der Waals surface area contributed by atoms with Crippen LogP contribution in [-0.4, -0.2) is 35.6 Å². The molecule has 0 radical (unpaired) electrons. The molecule has 2 rings (SSSR count). The predicted molar refractivity (Wildman–Crippen MR) is 78.1 cm³/mol. The van der Waals surface area contributed by atoms with Crippen molar-refractivity contribution in [2.45, 2.75) is 31.2 Å². The molecule has 9 heteroatoms. The van der Waals surface area contributed by atoms with E-state index in [0.717, 1.165) is 6.42 Å². The fourth-order valence-electron chi connectivity index (χ4n) is 1.79. The second kappa shape index (κ2) is 6.64. The number of rotatable bonds is 7. The van der Waals surface area contributed by atoms with E-state index in [1.165, 1.54) is 0 Å². The van der Waals surface area contributed by atoms with Crippen molar-refractivity contribution in [2.75, 3.05) is 11.9 Å². The number of tetrazole rings is 1. The number of para-hydroxylation sites is 1. The van der Waals surface area contributed by atoms with E-state index < -0.39 is 10.0 Å². The van der Waals surface area contributed by atoms with Gasteiger partial charge in [-0.25, -0.2) is 13.1 Å². The molecule has 1 aromatic carbocycles. The molecule has 0 saturated carbocycles. The van der Waals surface area contributed by atoms with Crippen LogP contribution in [0.25, 0.3) is 0 Å². The summed E-state index contributed by atoms with van der Waals surface area (Å²) in [6.45, 7) is 4.13. The van der Waals surface area contributed by atoms with Crippen molar-refractivity contribution < 1.29 is 8.42 Å². The lowest BCUT2D eigenvalue weighted by Gasteiger charge is -2.16. The zero-order valence-electron chi connectivity index (χ0n) is 11.9. The summed E-state index contributed by atoms with van der Waals surface area (Å²) in [5.41, 5.74) is 0.499. The van der Waals surface area contributed by atoms with Gasteiger partial charge in [0.05, 0.1) is 11.7 Å². The molecule has 0 spiro atoms. The molecule has 0 fully saturated rings. The van der Waals surface area contributed by atoms with E-state index in [-0.39, 0.29) is 10.9 Å². The largest absolute Gasteiger partial charge is 0.374 e. The Morgan fingerprint density at radius 2 is 2.10 bits per heavy atom. The topological polar surface area (TPSA) is 113 Å². The number of sulfonamides is 1. The van der Waals surface area contributed by atoms with Gasteiger partial charge in [-0.3, -0.25) is 0 Å². The van der Waals surface area contributed by atoms with Crippen molar-refractivity contribution >= 4 is 15.7 Å². The first-order valence-corrected chi connectivity index (χ1v) is 8.11. The molecule has 2 aromatic rings. The molecule has 1 aromatic heterocycles. The SMILES string of the molecule is CCCNS(=O)(=O)c1ccccc1NC(C)c1nn[nH]n1. The lowest BCUT2D eigenvalue weighted by molar-refractivity contribution is 0.581. The van der Waals surface area contributed by atoms with Crippen molar-refractivity contribution in [1.82, 2.24) is 25.3 Å². The van der Waals surface area contributed by atoms with Crippen molar-refractivity contribution in [3.8, 4) is 0 Å². The van der Waals surface area contributed by atoms with Gasteiger partial charge >= 0.3 is 0 Å². The summed E-state index contributed by atoms with van der Waals surface area (Å²) >= 11 is 0. The Morgan fingerprint density at radius 3 is 2.76 bits per heavy atom. The molecule has 0 aliphatic heterocycles. The van der Waals surface area contributed by atoms with E-state index in [2.05, 4.69) is 30.7 Å². The molecule has 1 heterocycles. The van der Waals surface area contributed by atoms with E-state index in [4.69, 9.17) is 0 Å². The van der Waals surface area contributed by atoms with Crippen LogP contribution in [0.2, 0.25) is 0 Å². The summed E-state index contributed by atoms with van der Waals surface area (Å²) in [6.07, 6.45) is 0.730. The Hall–Kier alpha value is -2.00. The summed E-state index contributed by atoms with van der Waals surface area (Å²) in [5, 5.41) is 16.7. The maximum Gasteiger partial charge on any atom is 0.242 e. The Bertz CT molecular complexity index is 671. The Morgan fingerprint density at radius 1 is 1.33 bits per heavy atom. The van der Waals surface area contributed by atoms with E-state index in [1.54, 1.807) is 24.3 Å². The highest BCUT2D eigenvalue weighted by Gasteiger charge is 2.19. The van der Waals surface area contributed by atoms with Crippen LogP contribution in [0.4, 0.5) is 5.69 Å². The quantitative estimate of drug-likeness (QED) is 0.705. The van der Waals surface area contributed by atoms with Gasteiger partial charge in [0.25, 0.3) is 0 Å². The maximum atomic E-state index is 12.3. The third kappa shape index (κ3) is 3.76. The van der Waals surface area contributed by atoms with Gasteiger partial charge in [0, 0.05) is 6.54 Å². The summed E-state index contributed by atoms with van der Waals surface area (Å²) < 4.78 is 27.1. The highest BCUT2D eigenvalue weighted by atomic mass is 32.2. The van der Waals surface area contributed by atoms with E-state index in [1.807, 2.05) is 13.8 Å². The fourth-order valence-corrected chi connectivity index (χ4v) is 3.09. The first-order valence-electron chi connectivity index (χ1n) is 6.63. The number of aromatic amines is 1. The molecule has 0 aliphatic carbocycles. The number of nitrogens with one attached hydrogen (secondary N) is 3. The number of H-pyrrole nitrogens is 1. The molecule has 8 nitrogen and oxygen atoms in total. The molecular weight excluding hydrogens is 292 g/mol. The van der Waals surface area contributed by atoms with Crippen molar-refractivity contribution in [3.05, 3.63) is 30.1 Å². The van der Waals surface area contributed by atoms with Crippen molar-refractivity contribution in [2.24, 2.45) is 0 Å². The minimum atomic E-state index is -3.54. The predicted octanol–water partition coefficient (Wildman–Crippen LogP) is 1.06. The van der Waals surface area contributed by atoms with Crippen LogP contribution in [0.3, 0.4) is 0 Å². The number of hydrogen-bond donors (Lipinski definition) is 3. The van der Waals surface area contributed by atoms with Crippen LogP contribution in [0.5, 0.6) is 0 Å².